The van der Waals surface area contributed by atoms with Crippen molar-refractivity contribution in [2.45, 2.75) is 12.5 Å². The highest BCUT2D eigenvalue weighted by molar-refractivity contribution is 5.94. The second-order valence-electron chi connectivity index (χ2n) is 5.99. The van der Waals surface area contributed by atoms with Gasteiger partial charge in [0.2, 0.25) is 0 Å². The lowest BCUT2D eigenvalue weighted by molar-refractivity contribution is 0.0940. The molecule has 2 N–H and O–H groups in total. The van der Waals surface area contributed by atoms with E-state index < -0.39 is 0 Å². The Labute approximate surface area is 145 Å². The minimum absolute atomic E-state index is 0.157. The largest absolute Gasteiger partial charge is 0.350 e. The van der Waals surface area contributed by atoms with Crippen LogP contribution in [0.1, 0.15) is 15.9 Å². The Balaban J connectivity index is 1.70. The number of hydrogen-bond acceptors (Lipinski definition) is 2. The van der Waals surface area contributed by atoms with Gasteiger partial charge in [-0.05, 0) is 36.2 Å². The molecule has 0 aromatic heterocycles. The van der Waals surface area contributed by atoms with Crippen molar-refractivity contribution in [2.24, 2.45) is 0 Å². The first-order chi connectivity index (χ1) is 12.1. The fourth-order valence-corrected chi connectivity index (χ4v) is 2.97. The normalized spacial score (nSPS) is 14.9. The molecule has 1 aliphatic rings. The molecule has 0 saturated carbocycles. The van der Waals surface area contributed by atoms with E-state index in [-0.39, 0.29) is 23.8 Å². The lowest BCUT2D eigenvalue weighted by atomic mass is 10.0. The van der Waals surface area contributed by atoms with Crippen molar-refractivity contribution in [1.82, 2.24) is 15.5 Å². The van der Waals surface area contributed by atoms with Crippen LogP contribution in [0.15, 0.2) is 54.6 Å². The summed E-state index contributed by atoms with van der Waals surface area (Å²) in [5, 5.41) is 5.64. The number of rotatable bonds is 6. The molecule has 1 fully saturated rings. The van der Waals surface area contributed by atoms with E-state index >= 15 is 0 Å². The van der Waals surface area contributed by atoms with Crippen LogP contribution in [0.3, 0.4) is 0 Å². The SMILES string of the molecule is O=C(NCC(Cc1cccc(F)c1)N1CCNC1=O)c1ccccc1. The minimum Gasteiger partial charge on any atom is -0.350 e. The number of benzene rings is 2. The lowest BCUT2D eigenvalue weighted by Gasteiger charge is -2.27. The molecular weight excluding hydrogens is 321 g/mol. The van der Waals surface area contributed by atoms with Crippen LogP contribution in [0.4, 0.5) is 9.18 Å². The second kappa shape index (κ2) is 7.79. The Morgan fingerprint density at radius 1 is 1.20 bits per heavy atom. The predicted octanol–water partition coefficient (Wildman–Crippen LogP) is 2.19. The summed E-state index contributed by atoms with van der Waals surface area (Å²) in [5.41, 5.74) is 1.36. The first-order valence-corrected chi connectivity index (χ1v) is 8.25. The fraction of sp³-hybridized carbons (Fsp3) is 0.263. The summed E-state index contributed by atoms with van der Waals surface area (Å²) in [6.45, 7) is 1.45. The maximum absolute atomic E-state index is 13.4. The van der Waals surface area contributed by atoms with Gasteiger partial charge in [-0.1, -0.05) is 30.3 Å². The van der Waals surface area contributed by atoms with Gasteiger partial charge in [0.25, 0.3) is 5.91 Å². The Morgan fingerprint density at radius 3 is 2.68 bits per heavy atom. The van der Waals surface area contributed by atoms with E-state index in [1.807, 2.05) is 12.1 Å². The van der Waals surface area contributed by atoms with E-state index in [0.29, 0.717) is 31.6 Å². The van der Waals surface area contributed by atoms with Crippen molar-refractivity contribution in [1.29, 1.82) is 0 Å². The van der Waals surface area contributed by atoms with Gasteiger partial charge in [0.15, 0.2) is 0 Å². The molecule has 1 unspecified atom stereocenters. The van der Waals surface area contributed by atoms with Crippen LogP contribution < -0.4 is 10.6 Å². The van der Waals surface area contributed by atoms with Gasteiger partial charge >= 0.3 is 6.03 Å². The molecule has 25 heavy (non-hydrogen) atoms. The molecule has 3 rings (SSSR count). The first kappa shape index (κ1) is 17.0. The van der Waals surface area contributed by atoms with Crippen LogP contribution in [-0.4, -0.2) is 42.5 Å². The predicted molar refractivity (Wildman–Crippen MR) is 92.8 cm³/mol. The van der Waals surface area contributed by atoms with Crippen molar-refractivity contribution < 1.29 is 14.0 Å². The van der Waals surface area contributed by atoms with E-state index in [1.165, 1.54) is 12.1 Å². The summed E-state index contributed by atoms with van der Waals surface area (Å²) in [7, 11) is 0. The van der Waals surface area contributed by atoms with Gasteiger partial charge < -0.3 is 15.5 Å². The van der Waals surface area contributed by atoms with Gasteiger partial charge in [0, 0.05) is 25.2 Å². The molecule has 0 spiro atoms. The van der Waals surface area contributed by atoms with Crippen LogP contribution in [0.25, 0.3) is 0 Å². The summed E-state index contributed by atoms with van der Waals surface area (Å²) in [6, 6.07) is 14.8. The van der Waals surface area contributed by atoms with E-state index in [9.17, 15) is 14.0 Å². The number of halogens is 1. The van der Waals surface area contributed by atoms with Gasteiger partial charge in [0.05, 0.1) is 6.04 Å². The molecule has 0 bridgehead atoms. The van der Waals surface area contributed by atoms with Crippen LogP contribution in [-0.2, 0) is 6.42 Å². The van der Waals surface area contributed by atoms with E-state index in [2.05, 4.69) is 10.6 Å². The number of urea groups is 1. The number of carbonyl (C=O) groups is 2. The molecule has 0 aliphatic carbocycles. The van der Waals surface area contributed by atoms with Crippen molar-refractivity contribution in [3.63, 3.8) is 0 Å². The average Bonchev–Trinajstić information content (AvgIpc) is 3.05. The van der Waals surface area contributed by atoms with Crippen molar-refractivity contribution in [3.8, 4) is 0 Å². The number of carbonyl (C=O) groups excluding carboxylic acids is 2. The smallest absolute Gasteiger partial charge is 0.317 e. The molecule has 6 heteroatoms. The molecule has 5 nitrogen and oxygen atoms in total. The zero-order valence-corrected chi connectivity index (χ0v) is 13.7. The maximum Gasteiger partial charge on any atom is 0.317 e. The summed E-state index contributed by atoms with van der Waals surface area (Å²) in [5.74, 6) is -0.500. The van der Waals surface area contributed by atoms with Crippen LogP contribution >= 0.6 is 0 Å². The Kier molecular flexibility index (Phi) is 5.28. The summed E-state index contributed by atoms with van der Waals surface area (Å²) >= 11 is 0. The van der Waals surface area contributed by atoms with Crippen LogP contribution in [0.5, 0.6) is 0 Å². The van der Waals surface area contributed by atoms with E-state index in [1.54, 1.807) is 35.2 Å². The highest BCUT2D eigenvalue weighted by Crippen LogP contribution is 2.13. The molecule has 1 saturated heterocycles. The zero-order chi connectivity index (χ0) is 17.6. The van der Waals surface area contributed by atoms with E-state index in [4.69, 9.17) is 0 Å². The zero-order valence-electron chi connectivity index (χ0n) is 13.7. The van der Waals surface area contributed by atoms with E-state index in [0.717, 1.165) is 5.56 Å². The molecule has 3 amide bonds. The number of nitrogens with zero attached hydrogens (tertiary/aromatic N) is 1. The van der Waals surface area contributed by atoms with Crippen molar-refractivity contribution in [3.05, 3.63) is 71.5 Å². The van der Waals surface area contributed by atoms with Gasteiger partial charge in [-0.3, -0.25) is 4.79 Å². The molecule has 2 aromatic carbocycles. The number of hydrogen-bond donors (Lipinski definition) is 2. The van der Waals surface area contributed by atoms with Gasteiger partial charge in [-0.15, -0.1) is 0 Å². The lowest BCUT2D eigenvalue weighted by Crippen LogP contribution is -2.46. The first-order valence-electron chi connectivity index (χ1n) is 8.25. The molecular formula is C19H20FN3O2. The number of amides is 3. The third-order valence-corrected chi connectivity index (χ3v) is 4.23. The highest BCUT2D eigenvalue weighted by atomic mass is 19.1. The third-order valence-electron chi connectivity index (χ3n) is 4.23. The Bertz CT molecular complexity index is 751. The second-order valence-corrected chi connectivity index (χ2v) is 5.99. The number of nitrogens with one attached hydrogen (secondary N) is 2. The molecule has 0 radical (unpaired) electrons. The fourth-order valence-electron chi connectivity index (χ4n) is 2.97. The van der Waals surface area contributed by atoms with Crippen molar-refractivity contribution >= 4 is 11.9 Å². The summed E-state index contributed by atoms with van der Waals surface area (Å²) in [4.78, 5) is 26.0. The average molecular weight is 341 g/mol. The topological polar surface area (TPSA) is 61.4 Å². The molecule has 1 heterocycles. The summed E-state index contributed by atoms with van der Waals surface area (Å²) in [6.07, 6.45) is 0.472. The van der Waals surface area contributed by atoms with Gasteiger partial charge in [0.1, 0.15) is 5.82 Å². The Morgan fingerprint density at radius 2 is 2.00 bits per heavy atom. The third kappa shape index (κ3) is 4.35. The Hall–Kier alpha value is -2.89. The van der Waals surface area contributed by atoms with Crippen LogP contribution in [0.2, 0.25) is 0 Å². The molecule has 130 valence electrons. The van der Waals surface area contributed by atoms with Crippen LogP contribution in [0, 0.1) is 5.82 Å². The van der Waals surface area contributed by atoms with Gasteiger partial charge in [-0.2, -0.15) is 0 Å². The van der Waals surface area contributed by atoms with Gasteiger partial charge in [-0.25, -0.2) is 9.18 Å². The van der Waals surface area contributed by atoms with Crippen molar-refractivity contribution in [2.75, 3.05) is 19.6 Å². The quantitative estimate of drug-likeness (QED) is 0.846. The molecule has 1 atom stereocenters. The standard InChI is InChI=1S/C19H20FN3O2/c20-16-8-4-5-14(11-16)12-17(23-10-9-21-19(23)25)13-22-18(24)15-6-2-1-3-7-15/h1-8,11,17H,9-10,12-13H2,(H,21,25)(H,22,24). The monoisotopic (exact) mass is 341 g/mol. The molecule has 1 aliphatic heterocycles. The maximum atomic E-state index is 13.4. The highest BCUT2D eigenvalue weighted by Gasteiger charge is 2.28. The minimum atomic E-state index is -0.310. The summed E-state index contributed by atoms with van der Waals surface area (Å²) < 4.78 is 13.4. The molecule has 2 aromatic rings.